The van der Waals surface area contributed by atoms with Crippen LogP contribution in [0.2, 0.25) is 0 Å². The normalized spacial score (nSPS) is 13.6. The second-order valence-corrected chi connectivity index (χ2v) is 7.36. The third kappa shape index (κ3) is 2.21. The molecule has 0 radical (unpaired) electrons. The van der Waals surface area contributed by atoms with Gasteiger partial charge >= 0.3 is 0 Å². The zero-order chi connectivity index (χ0) is 18.8. The SMILES string of the molecule is Cc1ncc(-c2cc3c4c(c2)OCc2cc(-c5cnc(C)[nH]5)cc(c2-4)OC3)[nH]1. The Labute approximate surface area is 161 Å². The predicted molar refractivity (Wildman–Crippen MR) is 105 cm³/mol. The van der Waals surface area contributed by atoms with Crippen molar-refractivity contribution < 1.29 is 9.47 Å². The Balaban J connectivity index is 1.52. The van der Waals surface area contributed by atoms with Crippen molar-refractivity contribution in [3.8, 4) is 45.1 Å². The van der Waals surface area contributed by atoms with E-state index in [0.29, 0.717) is 13.2 Å². The number of hydrogen-bond acceptors (Lipinski definition) is 4. The summed E-state index contributed by atoms with van der Waals surface area (Å²) in [7, 11) is 0. The van der Waals surface area contributed by atoms with E-state index >= 15 is 0 Å². The van der Waals surface area contributed by atoms with Gasteiger partial charge in [0.25, 0.3) is 0 Å². The molecular weight excluding hydrogens is 352 g/mol. The summed E-state index contributed by atoms with van der Waals surface area (Å²) >= 11 is 0. The summed E-state index contributed by atoms with van der Waals surface area (Å²) in [6.45, 7) is 4.94. The van der Waals surface area contributed by atoms with Gasteiger partial charge in [-0.05, 0) is 38.1 Å². The number of aromatic nitrogens is 4. The maximum absolute atomic E-state index is 6.17. The van der Waals surface area contributed by atoms with Crippen LogP contribution < -0.4 is 9.47 Å². The summed E-state index contributed by atoms with van der Waals surface area (Å²) in [4.78, 5) is 15.2. The number of ether oxygens (including phenoxy) is 2. The highest BCUT2D eigenvalue weighted by Crippen LogP contribution is 2.50. The van der Waals surface area contributed by atoms with Gasteiger partial charge < -0.3 is 19.4 Å². The van der Waals surface area contributed by atoms with Gasteiger partial charge in [-0.15, -0.1) is 0 Å². The number of hydrogen-bond donors (Lipinski definition) is 2. The molecule has 2 N–H and O–H groups in total. The smallest absolute Gasteiger partial charge is 0.128 e. The predicted octanol–water partition coefficient (Wildman–Crippen LogP) is 4.54. The maximum Gasteiger partial charge on any atom is 0.128 e. The van der Waals surface area contributed by atoms with Crippen LogP contribution in [-0.2, 0) is 13.2 Å². The average molecular weight is 370 g/mol. The second kappa shape index (κ2) is 5.48. The lowest BCUT2D eigenvalue weighted by atomic mass is 9.87. The Morgan fingerprint density at radius 1 is 0.714 bits per heavy atom. The Bertz CT molecular complexity index is 1100. The Hall–Kier alpha value is -3.54. The first-order valence-electron chi connectivity index (χ1n) is 9.29. The lowest BCUT2D eigenvalue weighted by Gasteiger charge is -2.30. The number of nitrogens with zero attached hydrogens (tertiary/aromatic N) is 2. The summed E-state index contributed by atoms with van der Waals surface area (Å²) in [6.07, 6.45) is 3.71. The van der Waals surface area contributed by atoms with Gasteiger partial charge in [-0.25, -0.2) is 9.97 Å². The molecule has 0 aliphatic carbocycles. The molecule has 4 heterocycles. The molecule has 6 rings (SSSR count). The van der Waals surface area contributed by atoms with Gasteiger partial charge in [0.05, 0.1) is 23.8 Å². The first kappa shape index (κ1) is 15.5. The molecule has 0 saturated heterocycles. The van der Waals surface area contributed by atoms with Crippen molar-refractivity contribution in [1.82, 2.24) is 19.9 Å². The van der Waals surface area contributed by atoms with Crippen LogP contribution in [0.1, 0.15) is 22.8 Å². The Morgan fingerprint density at radius 3 is 1.57 bits per heavy atom. The van der Waals surface area contributed by atoms with Gasteiger partial charge in [-0.2, -0.15) is 0 Å². The van der Waals surface area contributed by atoms with Gasteiger partial charge in [0, 0.05) is 33.4 Å². The summed E-state index contributed by atoms with van der Waals surface area (Å²) in [6, 6.07) is 8.52. The molecule has 0 spiro atoms. The van der Waals surface area contributed by atoms with Crippen molar-refractivity contribution in [2.24, 2.45) is 0 Å². The van der Waals surface area contributed by atoms with Crippen molar-refractivity contribution in [1.29, 1.82) is 0 Å². The molecule has 0 fully saturated rings. The number of H-pyrrole nitrogens is 2. The molecule has 2 aliphatic rings. The van der Waals surface area contributed by atoms with E-state index in [1.165, 1.54) is 0 Å². The van der Waals surface area contributed by atoms with Crippen molar-refractivity contribution in [2.75, 3.05) is 0 Å². The minimum atomic E-state index is 0.518. The number of imidazole rings is 2. The lowest BCUT2D eigenvalue weighted by molar-refractivity contribution is 0.278. The molecule has 0 saturated carbocycles. The molecule has 28 heavy (non-hydrogen) atoms. The van der Waals surface area contributed by atoms with Crippen molar-refractivity contribution in [3.63, 3.8) is 0 Å². The summed E-state index contributed by atoms with van der Waals surface area (Å²) in [5.41, 5.74) is 8.67. The molecule has 2 aromatic carbocycles. The molecule has 0 atom stereocenters. The van der Waals surface area contributed by atoms with Crippen LogP contribution in [0.3, 0.4) is 0 Å². The first-order chi connectivity index (χ1) is 13.7. The van der Waals surface area contributed by atoms with E-state index in [1.54, 1.807) is 0 Å². The molecule has 6 heteroatoms. The van der Waals surface area contributed by atoms with Crippen LogP contribution >= 0.6 is 0 Å². The molecule has 6 nitrogen and oxygen atoms in total. The molecule has 4 aromatic rings. The monoisotopic (exact) mass is 370 g/mol. The number of aromatic amines is 2. The Morgan fingerprint density at radius 2 is 1.18 bits per heavy atom. The van der Waals surface area contributed by atoms with Gasteiger partial charge in [0.2, 0.25) is 0 Å². The van der Waals surface area contributed by atoms with Crippen molar-refractivity contribution in [3.05, 3.63) is 59.4 Å². The van der Waals surface area contributed by atoms with Crippen molar-refractivity contribution >= 4 is 0 Å². The second-order valence-electron chi connectivity index (χ2n) is 7.36. The van der Waals surface area contributed by atoms with E-state index < -0.39 is 0 Å². The largest absolute Gasteiger partial charge is 0.488 e. The van der Waals surface area contributed by atoms with E-state index in [4.69, 9.17) is 9.47 Å². The quantitative estimate of drug-likeness (QED) is 0.543. The summed E-state index contributed by atoms with van der Waals surface area (Å²) < 4.78 is 12.3. The highest BCUT2D eigenvalue weighted by Gasteiger charge is 2.30. The van der Waals surface area contributed by atoms with Gasteiger partial charge in [-0.3, -0.25) is 0 Å². The number of rotatable bonds is 2. The van der Waals surface area contributed by atoms with Crippen LogP contribution in [-0.4, -0.2) is 19.9 Å². The van der Waals surface area contributed by atoms with E-state index in [2.05, 4.69) is 44.2 Å². The van der Waals surface area contributed by atoms with Gasteiger partial charge in [-0.1, -0.05) is 0 Å². The highest BCUT2D eigenvalue weighted by molar-refractivity contribution is 5.88. The topological polar surface area (TPSA) is 75.8 Å². The molecule has 2 aromatic heterocycles. The minimum Gasteiger partial charge on any atom is -0.488 e. The summed E-state index contributed by atoms with van der Waals surface area (Å²) in [5, 5.41) is 0. The minimum absolute atomic E-state index is 0.518. The molecule has 0 bridgehead atoms. The van der Waals surface area contributed by atoms with Gasteiger partial charge in [0.1, 0.15) is 36.4 Å². The Kier molecular flexibility index (Phi) is 3.04. The van der Waals surface area contributed by atoms with E-state index in [-0.39, 0.29) is 0 Å². The molecule has 2 aliphatic heterocycles. The van der Waals surface area contributed by atoms with E-state index in [0.717, 1.165) is 67.9 Å². The van der Waals surface area contributed by atoms with Crippen LogP contribution in [0.15, 0.2) is 36.7 Å². The lowest BCUT2D eigenvalue weighted by Crippen LogP contribution is -2.15. The van der Waals surface area contributed by atoms with Crippen molar-refractivity contribution in [2.45, 2.75) is 27.1 Å². The first-order valence-corrected chi connectivity index (χ1v) is 9.29. The van der Waals surface area contributed by atoms with E-state index in [9.17, 15) is 0 Å². The fraction of sp³-hybridized carbons (Fsp3) is 0.182. The maximum atomic E-state index is 6.17. The summed E-state index contributed by atoms with van der Waals surface area (Å²) in [5.74, 6) is 3.60. The molecular formula is C22H18N4O2. The number of benzene rings is 2. The van der Waals surface area contributed by atoms with Gasteiger partial charge in [0.15, 0.2) is 0 Å². The van der Waals surface area contributed by atoms with E-state index in [1.807, 2.05) is 26.2 Å². The third-order valence-corrected chi connectivity index (χ3v) is 5.41. The van der Waals surface area contributed by atoms with Crippen LogP contribution in [0, 0.1) is 13.8 Å². The fourth-order valence-electron chi connectivity index (χ4n) is 4.13. The fourth-order valence-corrected chi connectivity index (χ4v) is 4.13. The highest BCUT2D eigenvalue weighted by atomic mass is 16.5. The standard InChI is InChI=1S/C22H18N4O2/c1-11-23-7-17(25-11)13-3-15-9-28-20-6-14(18-8-24-12(2)26-18)4-16-10-27-19(5-13)21(15)22(16)20/h3-8H,9-10H2,1-2H3,(H,23,25)(H,24,26). The molecule has 138 valence electrons. The zero-order valence-electron chi connectivity index (χ0n) is 15.6. The molecule has 0 amide bonds. The number of aryl methyl sites for hydroxylation is 2. The average Bonchev–Trinajstić information content (AvgIpc) is 3.34. The van der Waals surface area contributed by atoms with Crippen LogP contribution in [0.5, 0.6) is 11.5 Å². The zero-order valence-corrected chi connectivity index (χ0v) is 15.6. The number of nitrogens with one attached hydrogen (secondary N) is 2. The molecule has 0 unspecified atom stereocenters. The third-order valence-electron chi connectivity index (χ3n) is 5.41. The van der Waals surface area contributed by atoms with Crippen LogP contribution in [0.4, 0.5) is 0 Å². The van der Waals surface area contributed by atoms with Crippen LogP contribution in [0.25, 0.3) is 33.6 Å².